The van der Waals surface area contributed by atoms with Crippen LogP contribution in [0, 0.1) is 12.8 Å². The molecule has 3 fully saturated rings. The summed E-state index contributed by atoms with van der Waals surface area (Å²) in [5.74, 6) is 1.08. The summed E-state index contributed by atoms with van der Waals surface area (Å²) < 4.78 is 5.25. The summed E-state index contributed by atoms with van der Waals surface area (Å²) in [6.45, 7) is 17.0. The summed E-state index contributed by atoms with van der Waals surface area (Å²) in [5.41, 5.74) is 8.26. The molecular formula is C48H55N11O4. The van der Waals surface area contributed by atoms with E-state index in [0.29, 0.717) is 24.6 Å². The third kappa shape index (κ3) is 9.06. The molecule has 6 aromatic rings. The van der Waals surface area contributed by atoms with Gasteiger partial charge >= 0.3 is 11.8 Å². The van der Waals surface area contributed by atoms with Gasteiger partial charge in [0.25, 0.3) is 0 Å². The van der Waals surface area contributed by atoms with Gasteiger partial charge in [-0.2, -0.15) is 4.98 Å². The molecule has 3 amide bonds. The lowest BCUT2D eigenvalue weighted by atomic mass is 9.90. The van der Waals surface area contributed by atoms with Gasteiger partial charge in [-0.1, -0.05) is 50.2 Å². The van der Waals surface area contributed by atoms with Crippen LogP contribution in [-0.4, -0.2) is 98.5 Å². The van der Waals surface area contributed by atoms with Gasteiger partial charge in [-0.05, 0) is 92.1 Å². The molecule has 15 nitrogen and oxygen atoms in total. The van der Waals surface area contributed by atoms with Gasteiger partial charge in [-0.15, -0.1) is 0 Å². The summed E-state index contributed by atoms with van der Waals surface area (Å²) in [6.07, 6.45) is 6.81. The number of H-pyrrole nitrogens is 1. The number of piperidine rings is 2. The number of carbonyl (C=O) groups is 3. The number of benzene rings is 2. The zero-order chi connectivity index (χ0) is 43.8. The number of piperazine rings is 1. The molecule has 7 heterocycles. The third-order valence-corrected chi connectivity index (χ3v) is 12.9. The van der Waals surface area contributed by atoms with Crippen LogP contribution in [0.1, 0.15) is 98.5 Å². The van der Waals surface area contributed by atoms with Crippen molar-refractivity contribution in [1.29, 1.82) is 0 Å². The van der Waals surface area contributed by atoms with Crippen LogP contribution in [0.25, 0.3) is 33.5 Å². The summed E-state index contributed by atoms with van der Waals surface area (Å²) in [6, 6.07) is 20.5. The van der Waals surface area contributed by atoms with Crippen LogP contribution in [0.3, 0.4) is 0 Å². The van der Waals surface area contributed by atoms with Gasteiger partial charge in [0.15, 0.2) is 5.82 Å². The van der Waals surface area contributed by atoms with Crippen LogP contribution >= 0.6 is 0 Å². The first-order valence-electron chi connectivity index (χ1n) is 22.1. The number of rotatable bonds is 10. The molecule has 15 heteroatoms. The van der Waals surface area contributed by atoms with Crippen LogP contribution in [0.5, 0.6) is 0 Å². The highest BCUT2D eigenvalue weighted by molar-refractivity contribution is 6.01. The van der Waals surface area contributed by atoms with E-state index in [2.05, 4.69) is 99.0 Å². The second-order valence-electron chi connectivity index (χ2n) is 18.3. The van der Waals surface area contributed by atoms with E-state index in [1.54, 1.807) is 6.33 Å². The Morgan fingerprint density at radius 3 is 2.33 bits per heavy atom. The van der Waals surface area contributed by atoms with E-state index in [1.165, 1.54) is 5.69 Å². The molecule has 3 aliphatic heterocycles. The molecule has 0 spiro atoms. The lowest BCUT2D eigenvalue weighted by Crippen LogP contribution is -2.49. The maximum atomic E-state index is 12.9. The van der Waals surface area contributed by atoms with Crippen molar-refractivity contribution < 1.29 is 18.9 Å². The van der Waals surface area contributed by atoms with Crippen LogP contribution in [0.4, 0.5) is 11.5 Å². The predicted molar refractivity (Wildman–Crippen MR) is 241 cm³/mol. The average Bonchev–Trinajstić information content (AvgIpc) is 3.97. The van der Waals surface area contributed by atoms with Gasteiger partial charge in [0.1, 0.15) is 17.8 Å². The van der Waals surface area contributed by atoms with Gasteiger partial charge in [0.2, 0.25) is 11.8 Å². The van der Waals surface area contributed by atoms with Crippen LogP contribution < -0.4 is 20.4 Å². The van der Waals surface area contributed by atoms with Gasteiger partial charge in [-0.3, -0.25) is 24.6 Å². The number of hydrogen-bond acceptors (Lipinski definition) is 12. The number of nitrogens with one attached hydrogen (secondary N) is 3. The molecular weight excluding hydrogens is 795 g/mol. The Hall–Kier alpha value is -6.48. The highest BCUT2D eigenvalue weighted by atomic mass is 16.5. The van der Waals surface area contributed by atoms with E-state index in [1.807, 2.05) is 52.9 Å². The minimum Gasteiger partial charge on any atom is -0.372 e. The molecule has 0 bridgehead atoms. The number of anilines is 2. The number of hydrogen-bond donors (Lipinski definition) is 3. The Balaban J connectivity index is 0.768. The van der Waals surface area contributed by atoms with Crippen LogP contribution in [0.2, 0.25) is 0 Å². The van der Waals surface area contributed by atoms with E-state index < -0.39 is 5.91 Å². The topological polar surface area (TPSA) is 178 Å². The molecule has 3 aliphatic rings. The standard InChI is InChI=1S/C48H55N11O4/c1-29-24-33(8-12-36(29)30(2)52-45(62)46-55-47(56-63-46)48(3,4)5)42-38-25-39(53-43(38)51-28-50-42)34-9-14-40(49-26-34)59-22-20-57(21-23-59)27-31-16-18-58(19-17-31)35-10-6-32(7-11-35)37-13-15-41(60)54-44(37)61/h6-12,14,24-26,28,30-31,37H,13,15-23,27H2,1-5H3,(H,52,62)(H,50,51,53)(H,54,60,61)/t30-,37?/m1/s1. The highest BCUT2D eigenvalue weighted by Gasteiger charge is 2.29. The molecule has 326 valence electrons. The van der Waals surface area contributed by atoms with Gasteiger partial charge in [0, 0.05) is 91.7 Å². The SMILES string of the molecule is Cc1cc(-c2ncnc3[nH]c(-c4ccc(N5CCN(CC6CCN(c7ccc(C8CCC(=O)NC8=O)cc7)CC6)CC5)nc4)cc23)ccc1[C@@H](C)NC(=O)c1nc(C(C)(C)C)no1. The third-order valence-electron chi connectivity index (χ3n) is 12.9. The first-order valence-corrected chi connectivity index (χ1v) is 22.1. The number of pyridine rings is 1. The smallest absolute Gasteiger partial charge is 0.315 e. The fourth-order valence-electron chi connectivity index (χ4n) is 9.15. The number of aromatic amines is 1. The molecule has 3 N–H and O–H groups in total. The van der Waals surface area contributed by atoms with Crippen molar-refractivity contribution in [2.45, 2.75) is 77.7 Å². The van der Waals surface area contributed by atoms with Crippen molar-refractivity contribution in [2.75, 3.05) is 55.6 Å². The zero-order valence-electron chi connectivity index (χ0n) is 36.6. The normalized spacial score (nSPS) is 18.5. The highest BCUT2D eigenvalue weighted by Crippen LogP contribution is 2.33. The number of fused-ring (bicyclic) bond motifs is 1. The Kier molecular flexibility index (Phi) is 11.5. The number of aryl methyl sites for hydroxylation is 1. The fraction of sp³-hybridized carbons (Fsp3) is 0.417. The van der Waals surface area contributed by atoms with Crippen LogP contribution in [0.15, 0.2) is 77.7 Å². The number of aromatic nitrogens is 6. The van der Waals surface area contributed by atoms with Gasteiger partial charge in [0.05, 0.1) is 17.7 Å². The quantitative estimate of drug-likeness (QED) is 0.124. The van der Waals surface area contributed by atoms with E-state index in [9.17, 15) is 14.4 Å². The van der Waals surface area contributed by atoms with Crippen LogP contribution in [-0.2, 0) is 15.0 Å². The van der Waals surface area contributed by atoms with E-state index in [0.717, 1.165) is 115 Å². The summed E-state index contributed by atoms with van der Waals surface area (Å²) in [4.78, 5) is 66.2. The lowest BCUT2D eigenvalue weighted by molar-refractivity contribution is -0.134. The minimum absolute atomic E-state index is 0.0491. The van der Waals surface area contributed by atoms with E-state index >= 15 is 0 Å². The minimum atomic E-state index is -0.410. The number of carbonyl (C=O) groups excluding carboxylic acids is 3. The first-order chi connectivity index (χ1) is 30.4. The second kappa shape index (κ2) is 17.4. The molecule has 2 aromatic carbocycles. The average molecular weight is 850 g/mol. The molecule has 0 saturated carbocycles. The lowest BCUT2D eigenvalue weighted by Gasteiger charge is -2.39. The summed E-state index contributed by atoms with van der Waals surface area (Å²) in [5, 5.41) is 10.4. The Bertz CT molecular complexity index is 2620. The number of nitrogens with zero attached hydrogens (tertiary/aromatic N) is 8. The monoisotopic (exact) mass is 849 g/mol. The van der Waals surface area contributed by atoms with Gasteiger partial charge < -0.3 is 24.6 Å². The molecule has 4 aromatic heterocycles. The first kappa shape index (κ1) is 41.9. The van der Waals surface area contributed by atoms with Crippen molar-refractivity contribution in [2.24, 2.45) is 5.92 Å². The summed E-state index contributed by atoms with van der Waals surface area (Å²) in [7, 11) is 0. The van der Waals surface area contributed by atoms with E-state index in [-0.39, 0.29) is 35.1 Å². The number of imide groups is 1. The Morgan fingerprint density at radius 1 is 0.889 bits per heavy atom. The van der Waals surface area contributed by atoms with Crippen molar-refractivity contribution in [3.8, 4) is 22.5 Å². The molecule has 9 rings (SSSR count). The summed E-state index contributed by atoms with van der Waals surface area (Å²) >= 11 is 0. The van der Waals surface area contributed by atoms with Crippen molar-refractivity contribution in [3.05, 3.63) is 102 Å². The van der Waals surface area contributed by atoms with Crippen molar-refractivity contribution >= 4 is 40.3 Å². The molecule has 63 heavy (non-hydrogen) atoms. The van der Waals surface area contributed by atoms with Gasteiger partial charge in [-0.25, -0.2) is 15.0 Å². The maximum Gasteiger partial charge on any atom is 0.315 e. The molecule has 0 aliphatic carbocycles. The molecule has 2 atom stereocenters. The Morgan fingerprint density at radius 2 is 1.65 bits per heavy atom. The molecule has 3 saturated heterocycles. The van der Waals surface area contributed by atoms with E-state index in [4.69, 9.17) is 9.51 Å². The largest absolute Gasteiger partial charge is 0.372 e. The maximum absolute atomic E-state index is 12.9. The Labute approximate surface area is 367 Å². The molecule has 0 radical (unpaired) electrons. The zero-order valence-corrected chi connectivity index (χ0v) is 36.6. The van der Waals surface area contributed by atoms with Crippen molar-refractivity contribution in [3.63, 3.8) is 0 Å². The predicted octanol–water partition coefficient (Wildman–Crippen LogP) is 6.73. The number of amides is 3. The second-order valence-corrected chi connectivity index (χ2v) is 18.3. The molecule has 1 unspecified atom stereocenters. The van der Waals surface area contributed by atoms with Crippen molar-refractivity contribution in [1.82, 2.24) is 45.6 Å². The fourth-order valence-corrected chi connectivity index (χ4v) is 9.15.